The highest BCUT2D eigenvalue weighted by Gasteiger charge is 2.52. The number of hydrogen-bond donors (Lipinski definition) is 0. The van der Waals surface area contributed by atoms with Crippen LogP contribution in [0.25, 0.3) is 102 Å². The highest BCUT2D eigenvalue weighted by atomic mass is 15.0. The number of nitrogens with zero attached hydrogens (tertiary/aromatic N) is 6. The van der Waals surface area contributed by atoms with Gasteiger partial charge in [0.05, 0.1) is 5.41 Å². The van der Waals surface area contributed by atoms with Crippen LogP contribution >= 0.6 is 0 Å². The first-order valence-corrected chi connectivity index (χ1v) is 27.7. The Kier molecular flexibility index (Phi) is 9.95. The van der Waals surface area contributed by atoms with Gasteiger partial charge in [-0.25, -0.2) is 29.9 Å². The SMILES string of the molecule is c1ccc(-c2nc(-c3ccccc3)nc(-c3ccc4c(c3)C3c5ccccc5C4c4cc(-c5nc(-c6ccccc6)nc(-c6ccc(-c7cccc8c7C7(c9ccccc9-c9ccccc97)c7ccccc7-8)cc6)n5)ccc43)n2)cc1. The molecule has 2 unspecified atom stereocenters. The molecule has 0 saturated carbocycles. The summed E-state index contributed by atoms with van der Waals surface area (Å²) in [5.74, 6) is 3.84. The first-order valence-electron chi connectivity index (χ1n) is 27.7. The van der Waals surface area contributed by atoms with Gasteiger partial charge in [0.15, 0.2) is 34.9 Å². The molecule has 0 aliphatic heterocycles. The second kappa shape index (κ2) is 17.7. The molecule has 0 amide bonds. The Morgan fingerprint density at radius 3 is 0.938 bits per heavy atom. The minimum absolute atomic E-state index is 0.00308. The average Bonchev–Trinajstić information content (AvgIpc) is 3.18. The average molecular weight is 1030 g/mol. The van der Waals surface area contributed by atoms with Gasteiger partial charge in [0.25, 0.3) is 0 Å². The van der Waals surface area contributed by atoms with Crippen LogP contribution in [0.1, 0.15) is 67.5 Å². The number of benzene rings is 11. The maximum Gasteiger partial charge on any atom is 0.164 e. The van der Waals surface area contributed by atoms with E-state index in [1.807, 2.05) is 54.6 Å². The minimum atomic E-state index is -0.459. The fourth-order valence-corrected chi connectivity index (χ4v) is 14.0. The fraction of sp³-hybridized carbons (Fsp3) is 0.0400. The van der Waals surface area contributed by atoms with E-state index in [-0.39, 0.29) is 11.8 Å². The Morgan fingerprint density at radius 2 is 0.506 bits per heavy atom. The Hall–Kier alpha value is -10.6. The number of rotatable bonds is 7. The molecule has 0 N–H and O–H groups in total. The van der Waals surface area contributed by atoms with Crippen molar-refractivity contribution in [2.45, 2.75) is 17.3 Å². The Bertz CT molecular complexity index is 4590. The van der Waals surface area contributed by atoms with E-state index >= 15 is 0 Å². The van der Waals surface area contributed by atoms with E-state index in [1.165, 1.54) is 83.5 Å². The second-order valence-electron chi connectivity index (χ2n) is 21.6. The third-order valence-electron chi connectivity index (χ3n) is 17.4. The smallest absolute Gasteiger partial charge is 0.164 e. The van der Waals surface area contributed by atoms with Gasteiger partial charge < -0.3 is 0 Å². The summed E-state index contributed by atoms with van der Waals surface area (Å²) >= 11 is 0. The fourth-order valence-electron chi connectivity index (χ4n) is 14.0. The van der Waals surface area contributed by atoms with E-state index in [9.17, 15) is 0 Å². The monoisotopic (exact) mass is 1030 g/mol. The molecule has 0 fully saturated rings. The zero-order chi connectivity index (χ0) is 53.2. The minimum Gasteiger partial charge on any atom is -0.208 e. The zero-order valence-corrected chi connectivity index (χ0v) is 43.7. The van der Waals surface area contributed by atoms with Gasteiger partial charge in [-0.15, -0.1) is 0 Å². The van der Waals surface area contributed by atoms with Gasteiger partial charge in [-0.3, -0.25) is 0 Å². The van der Waals surface area contributed by atoms with E-state index < -0.39 is 5.41 Å². The molecule has 2 heterocycles. The molecule has 376 valence electrons. The highest BCUT2D eigenvalue weighted by Crippen LogP contribution is 2.64. The van der Waals surface area contributed by atoms with E-state index in [4.69, 9.17) is 29.9 Å². The predicted octanol–water partition coefficient (Wildman–Crippen LogP) is 17.1. The third-order valence-corrected chi connectivity index (χ3v) is 17.4. The van der Waals surface area contributed by atoms with Crippen molar-refractivity contribution in [3.8, 4) is 102 Å². The van der Waals surface area contributed by atoms with E-state index in [0.717, 1.165) is 38.9 Å². The van der Waals surface area contributed by atoms with Crippen LogP contribution in [-0.2, 0) is 5.41 Å². The number of fused-ring (bicyclic) bond motifs is 10. The van der Waals surface area contributed by atoms with Crippen molar-refractivity contribution in [2.75, 3.05) is 0 Å². The van der Waals surface area contributed by atoms with E-state index in [2.05, 4.69) is 212 Å². The van der Waals surface area contributed by atoms with Crippen LogP contribution in [0, 0.1) is 0 Å². The number of hydrogen-bond acceptors (Lipinski definition) is 6. The molecule has 5 aliphatic rings. The van der Waals surface area contributed by atoms with Crippen molar-refractivity contribution < 1.29 is 0 Å². The van der Waals surface area contributed by atoms with Gasteiger partial charge in [0.2, 0.25) is 0 Å². The molecular weight excluding hydrogens is 985 g/mol. The molecular formula is C75H46N6. The third kappa shape index (κ3) is 6.80. The van der Waals surface area contributed by atoms with Crippen molar-refractivity contribution in [3.05, 3.63) is 323 Å². The summed E-state index contributed by atoms with van der Waals surface area (Å²) in [5, 5.41) is 0. The molecule has 2 aromatic heterocycles. The molecule has 0 saturated heterocycles. The largest absolute Gasteiger partial charge is 0.208 e. The Balaban J connectivity index is 0.767. The lowest BCUT2D eigenvalue weighted by atomic mass is 9.61. The summed E-state index contributed by atoms with van der Waals surface area (Å²) in [6, 6.07) is 95.9. The summed E-state index contributed by atoms with van der Waals surface area (Å²) in [6.45, 7) is 0. The predicted molar refractivity (Wildman–Crippen MR) is 322 cm³/mol. The normalized spacial score (nSPS) is 15.0. The quantitative estimate of drug-likeness (QED) is 0.158. The van der Waals surface area contributed by atoms with Crippen molar-refractivity contribution in [2.24, 2.45) is 0 Å². The molecule has 81 heavy (non-hydrogen) atoms. The summed E-state index contributed by atoms with van der Waals surface area (Å²) in [7, 11) is 0. The summed E-state index contributed by atoms with van der Waals surface area (Å²) < 4.78 is 0. The first-order chi connectivity index (χ1) is 40.2. The van der Waals surface area contributed by atoms with Gasteiger partial charge in [0.1, 0.15) is 0 Å². The van der Waals surface area contributed by atoms with E-state index in [1.54, 1.807) is 0 Å². The van der Waals surface area contributed by atoms with Gasteiger partial charge in [-0.05, 0) is 101 Å². The van der Waals surface area contributed by atoms with Gasteiger partial charge >= 0.3 is 0 Å². The van der Waals surface area contributed by atoms with Crippen LogP contribution in [0.2, 0.25) is 0 Å². The second-order valence-corrected chi connectivity index (χ2v) is 21.6. The molecule has 5 aliphatic carbocycles. The van der Waals surface area contributed by atoms with Crippen LogP contribution in [0.15, 0.2) is 267 Å². The Morgan fingerprint density at radius 1 is 0.210 bits per heavy atom. The lowest BCUT2D eigenvalue weighted by Gasteiger charge is -2.42. The number of aromatic nitrogens is 6. The van der Waals surface area contributed by atoms with Gasteiger partial charge in [-0.1, -0.05) is 255 Å². The standard InChI is InChI=1S/C75H46N6/c1-4-19-46(20-5-1)69-76-70(47-21-6-2-7-22-47)79-73(78-69)50-39-41-58-61(43-50)66-56-28-10-11-29-57(56)67(58)62-44-51(40-42-59(62)66)74-80-71(48-23-8-3-9-24-48)77-72(81-74)49-37-35-45(36-38-49)52-30-18-31-60-55-27-14-17-34-65(55)75(68(52)60)63-32-15-12-25-53(63)54-26-13-16-33-64(54)75/h1-44,66-67H. The van der Waals surface area contributed by atoms with Crippen molar-refractivity contribution in [1.29, 1.82) is 0 Å². The van der Waals surface area contributed by atoms with Crippen molar-refractivity contribution >= 4 is 0 Å². The van der Waals surface area contributed by atoms with Gasteiger partial charge in [0, 0.05) is 45.2 Å². The molecule has 2 atom stereocenters. The van der Waals surface area contributed by atoms with E-state index in [0.29, 0.717) is 34.9 Å². The summed E-state index contributed by atoms with van der Waals surface area (Å²) in [4.78, 5) is 31.1. The Labute approximate surface area is 469 Å². The van der Waals surface area contributed by atoms with Crippen LogP contribution in [0.4, 0.5) is 0 Å². The van der Waals surface area contributed by atoms with Crippen molar-refractivity contribution in [1.82, 2.24) is 29.9 Å². The van der Waals surface area contributed by atoms with Crippen LogP contribution in [-0.4, -0.2) is 29.9 Å². The molecule has 6 nitrogen and oxygen atoms in total. The van der Waals surface area contributed by atoms with Crippen molar-refractivity contribution in [3.63, 3.8) is 0 Å². The molecule has 6 heteroatoms. The summed E-state index contributed by atoms with van der Waals surface area (Å²) in [5.41, 5.74) is 25.8. The highest BCUT2D eigenvalue weighted by molar-refractivity contribution is 5.99. The molecule has 11 aromatic carbocycles. The van der Waals surface area contributed by atoms with Crippen LogP contribution in [0.5, 0.6) is 0 Å². The molecule has 13 aromatic rings. The molecule has 0 radical (unpaired) electrons. The molecule has 18 rings (SSSR count). The molecule has 2 bridgehead atoms. The maximum atomic E-state index is 5.36. The summed E-state index contributed by atoms with van der Waals surface area (Å²) in [6.07, 6.45) is 0. The first kappa shape index (κ1) is 45.5. The topological polar surface area (TPSA) is 77.3 Å². The lowest BCUT2D eigenvalue weighted by molar-refractivity contribution is 0.754. The lowest BCUT2D eigenvalue weighted by Crippen LogP contribution is -2.27. The molecule has 1 spiro atoms. The van der Waals surface area contributed by atoms with Crippen LogP contribution < -0.4 is 0 Å². The van der Waals surface area contributed by atoms with Crippen LogP contribution in [0.3, 0.4) is 0 Å². The zero-order valence-electron chi connectivity index (χ0n) is 43.7. The maximum absolute atomic E-state index is 5.36. The van der Waals surface area contributed by atoms with Gasteiger partial charge in [-0.2, -0.15) is 0 Å².